The minimum absolute atomic E-state index is 0.0425. The lowest BCUT2D eigenvalue weighted by atomic mass is 10.1. The lowest BCUT2D eigenvalue weighted by molar-refractivity contribution is -0.137. The highest BCUT2D eigenvalue weighted by Gasteiger charge is 2.47. The van der Waals surface area contributed by atoms with Crippen LogP contribution in [0.15, 0.2) is 41.8 Å². The van der Waals surface area contributed by atoms with Gasteiger partial charge < -0.3 is 25.6 Å². The molecule has 198 valence electrons. The number of rotatable bonds is 8. The second kappa shape index (κ2) is 10.7. The van der Waals surface area contributed by atoms with Crippen molar-refractivity contribution in [1.29, 1.82) is 0 Å². The van der Waals surface area contributed by atoms with Crippen molar-refractivity contribution in [3.8, 4) is 0 Å². The molecule has 4 rings (SSSR count). The summed E-state index contributed by atoms with van der Waals surface area (Å²) in [5.74, 6) is -0.525. The van der Waals surface area contributed by atoms with Gasteiger partial charge in [0.15, 0.2) is 29.3 Å². The number of likely N-dealkylation sites (N-methyl/N-ethyl adjacent to an activating group) is 1. The Kier molecular flexibility index (Phi) is 7.65. The van der Waals surface area contributed by atoms with Crippen molar-refractivity contribution >= 4 is 44.6 Å². The number of aromatic nitrogens is 4. The van der Waals surface area contributed by atoms with Gasteiger partial charge in [-0.1, -0.05) is 6.92 Å². The van der Waals surface area contributed by atoms with Crippen LogP contribution in [0.3, 0.4) is 0 Å². The Morgan fingerprint density at radius 1 is 1.03 bits per heavy atom. The van der Waals surface area contributed by atoms with Crippen LogP contribution in [0, 0.1) is 0 Å². The molecule has 0 saturated carbocycles. The fourth-order valence-electron chi connectivity index (χ4n) is 3.77. The number of sulfonamides is 1. The van der Waals surface area contributed by atoms with Crippen molar-refractivity contribution in [2.24, 2.45) is 0 Å². The largest absolute Gasteiger partial charge is 0.387 e. The summed E-state index contributed by atoms with van der Waals surface area (Å²) in [6.45, 7) is 3.95. The molecule has 3 heterocycles. The normalized spacial score (nSPS) is 21.6. The summed E-state index contributed by atoms with van der Waals surface area (Å²) in [4.78, 5) is 37.1. The molecule has 6 N–H and O–H groups in total. The zero-order valence-corrected chi connectivity index (χ0v) is 20.6. The van der Waals surface area contributed by atoms with E-state index in [-0.39, 0.29) is 28.4 Å². The van der Waals surface area contributed by atoms with E-state index in [1.54, 1.807) is 13.8 Å². The van der Waals surface area contributed by atoms with Crippen LogP contribution in [-0.4, -0.2) is 81.5 Å². The molecule has 0 unspecified atom stereocenters. The zero-order valence-electron chi connectivity index (χ0n) is 19.8. The second-order valence-electron chi connectivity index (χ2n) is 7.97. The van der Waals surface area contributed by atoms with Crippen LogP contribution >= 0.6 is 0 Å². The molecule has 16 heteroatoms. The summed E-state index contributed by atoms with van der Waals surface area (Å²) in [6, 6.07) is 4.90. The molecule has 1 aliphatic rings. The second-order valence-corrected chi connectivity index (χ2v) is 9.74. The number of benzene rings is 1. The number of urea groups is 1. The lowest BCUT2D eigenvalue weighted by Gasteiger charge is -2.16. The fraction of sp³-hybridized carbons (Fsp3) is 0.381. The number of carbonyl (C=O) groups excluding carboxylic acids is 2. The molecule has 1 aromatic carbocycles. The number of imidazole rings is 1. The van der Waals surface area contributed by atoms with E-state index in [4.69, 9.17) is 4.74 Å². The summed E-state index contributed by atoms with van der Waals surface area (Å²) in [5, 5.41) is 28.4. The first-order chi connectivity index (χ1) is 17.7. The number of hydrogen-bond acceptors (Lipinski definition) is 10. The van der Waals surface area contributed by atoms with Gasteiger partial charge in [0.1, 0.15) is 18.5 Å². The molecule has 0 radical (unpaired) electrons. The van der Waals surface area contributed by atoms with Gasteiger partial charge in [-0.15, -0.1) is 0 Å². The molecule has 0 aliphatic carbocycles. The lowest BCUT2D eigenvalue weighted by Crippen LogP contribution is -2.42. The third-order valence-corrected chi connectivity index (χ3v) is 7.03. The topological polar surface area (TPSA) is 210 Å². The molecule has 1 fully saturated rings. The van der Waals surface area contributed by atoms with E-state index in [2.05, 4.69) is 35.6 Å². The maximum absolute atomic E-state index is 12.6. The predicted molar refractivity (Wildman–Crippen MR) is 130 cm³/mol. The van der Waals surface area contributed by atoms with Crippen molar-refractivity contribution in [2.75, 3.05) is 23.7 Å². The van der Waals surface area contributed by atoms with Crippen molar-refractivity contribution in [1.82, 2.24) is 29.6 Å². The number of anilines is 2. The summed E-state index contributed by atoms with van der Waals surface area (Å²) >= 11 is 0. The van der Waals surface area contributed by atoms with Gasteiger partial charge in [0.25, 0.3) is 5.91 Å². The van der Waals surface area contributed by atoms with E-state index in [9.17, 15) is 28.2 Å². The monoisotopic (exact) mass is 534 g/mol. The highest BCUT2D eigenvalue weighted by atomic mass is 32.2. The Labute approximate surface area is 211 Å². The first-order valence-electron chi connectivity index (χ1n) is 11.3. The minimum atomic E-state index is -3.62. The summed E-state index contributed by atoms with van der Waals surface area (Å²) in [7, 11) is -3.62. The number of amides is 3. The Bertz CT molecular complexity index is 1400. The molecule has 4 atom stereocenters. The van der Waals surface area contributed by atoms with E-state index in [0.717, 1.165) is 6.33 Å². The number of ether oxygens (including phenoxy) is 1. The van der Waals surface area contributed by atoms with Crippen LogP contribution in [-0.2, 0) is 19.6 Å². The maximum atomic E-state index is 12.6. The van der Waals surface area contributed by atoms with Gasteiger partial charge >= 0.3 is 6.03 Å². The number of carbonyl (C=O) groups is 2. The van der Waals surface area contributed by atoms with Crippen molar-refractivity contribution in [3.63, 3.8) is 0 Å². The molecule has 3 amide bonds. The first-order valence-corrected chi connectivity index (χ1v) is 12.8. The predicted octanol–water partition coefficient (Wildman–Crippen LogP) is -0.476. The zero-order chi connectivity index (χ0) is 26.7. The van der Waals surface area contributed by atoms with Crippen molar-refractivity contribution in [2.45, 2.75) is 43.3 Å². The number of nitrogens with one attached hydrogen (secondary N) is 4. The molecule has 0 spiro atoms. The Balaban J connectivity index is 1.49. The van der Waals surface area contributed by atoms with Gasteiger partial charge in [-0.25, -0.2) is 32.9 Å². The number of fused-ring (bicyclic) bond motifs is 1. The van der Waals surface area contributed by atoms with Crippen molar-refractivity contribution < 1.29 is 33.0 Å². The molecule has 3 aromatic rings. The smallest absolute Gasteiger partial charge is 0.324 e. The van der Waals surface area contributed by atoms with Crippen LogP contribution < -0.4 is 20.7 Å². The highest BCUT2D eigenvalue weighted by Crippen LogP contribution is 2.32. The molecule has 37 heavy (non-hydrogen) atoms. The Hall–Kier alpha value is -3.70. The van der Waals surface area contributed by atoms with Crippen LogP contribution in [0.25, 0.3) is 11.2 Å². The number of aliphatic hydroxyl groups is 2. The van der Waals surface area contributed by atoms with Crippen molar-refractivity contribution in [3.05, 3.63) is 36.9 Å². The molecule has 1 saturated heterocycles. The number of hydrogen-bond donors (Lipinski definition) is 6. The molecule has 2 aromatic heterocycles. The summed E-state index contributed by atoms with van der Waals surface area (Å²) < 4.78 is 33.4. The van der Waals surface area contributed by atoms with Gasteiger partial charge in [-0.05, 0) is 31.2 Å². The fourth-order valence-corrected chi connectivity index (χ4v) is 4.81. The third-order valence-electron chi connectivity index (χ3n) is 5.47. The standard InChI is InChI=1S/C21H26N8O7S/c1-3-22-19(32)16-14(30)15(31)20(36-16)29-10-25-13-17(23-9-24-18(13)29)28-21(33)27-11-5-7-12(8-6-11)37(34,35)26-4-2/h5-10,14-16,20,26,30-31H,3-4H2,1-2H3,(H,22,32)(H2,23,24,27,28,33)/t14-,15+,16-,20+/m0/s1. The van der Waals surface area contributed by atoms with E-state index < -0.39 is 46.5 Å². The number of nitrogens with zero attached hydrogens (tertiary/aromatic N) is 4. The van der Waals surface area contributed by atoms with Gasteiger partial charge in [-0.3, -0.25) is 14.7 Å². The van der Waals surface area contributed by atoms with Gasteiger partial charge in [0.2, 0.25) is 10.0 Å². The summed E-state index contributed by atoms with van der Waals surface area (Å²) in [6.07, 6.45) is -2.93. The van der Waals surface area contributed by atoms with Gasteiger partial charge in [0.05, 0.1) is 11.2 Å². The molecular formula is C21H26N8O7S. The van der Waals surface area contributed by atoms with Gasteiger partial charge in [-0.2, -0.15) is 0 Å². The average Bonchev–Trinajstić information content (AvgIpc) is 3.41. The first kappa shape index (κ1) is 26.4. The van der Waals surface area contributed by atoms with Crippen LogP contribution in [0.4, 0.5) is 16.3 Å². The molecular weight excluding hydrogens is 508 g/mol. The molecule has 1 aliphatic heterocycles. The van der Waals surface area contributed by atoms with Crippen LogP contribution in [0.1, 0.15) is 20.1 Å². The third kappa shape index (κ3) is 5.37. The SMILES string of the molecule is CCNC(=O)[C@H]1O[C@@H](n2cnc3c(NC(=O)Nc4ccc(S(=O)(=O)NCC)cc4)ncnc32)[C@H](O)[C@@H]1O. The van der Waals surface area contributed by atoms with E-state index >= 15 is 0 Å². The maximum Gasteiger partial charge on any atom is 0.324 e. The Morgan fingerprint density at radius 2 is 1.76 bits per heavy atom. The van der Waals surface area contributed by atoms with Crippen LogP contribution in [0.2, 0.25) is 0 Å². The Morgan fingerprint density at radius 3 is 2.43 bits per heavy atom. The molecule has 0 bridgehead atoms. The number of aliphatic hydroxyl groups excluding tert-OH is 2. The van der Waals surface area contributed by atoms with Gasteiger partial charge in [0, 0.05) is 18.8 Å². The van der Waals surface area contributed by atoms with E-state index in [1.165, 1.54) is 35.2 Å². The average molecular weight is 535 g/mol. The highest BCUT2D eigenvalue weighted by molar-refractivity contribution is 7.89. The van der Waals surface area contributed by atoms with Crippen LogP contribution in [0.5, 0.6) is 0 Å². The summed E-state index contributed by atoms with van der Waals surface area (Å²) in [5.41, 5.74) is 0.671. The quantitative estimate of drug-likeness (QED) is 0.219. The molecule has 15 nitrogen and oxygen atoms in total. The minimum Gasteiger partial charge on any atom is -0.387 e. The van der Waals surface area contributed by atoms with E-state index in [1.807, 2.05) is 0 Å². The van der Waals surface area contributed by atoms with E-state index in [0.29, 0.717) is 12.2 Å².